The van der Waals surface area contributed by atoms with E-state index in [1.807, 2.05) is 23.0 Å². The Labute approximate surface area is 213 Å². The van der Waals surface area contributed by atoms with Crippen molar-refractivity contribution >= 4 is 0 Å². The Kier molecular flexibility index (Phi) is 13.0. The molecule has 0 fully saturated rings. The van der Waals surface area contributed by atoms with E-state index < -0.39 is 0 Å². The molecule has 0 spiro atoms. The van der Waals surface area contributed by atoms with Gasteiger partial charge in [0.05, 0.1) is 12.4 Å². The monoisotopic (exact) mass is 510 g/mol. The summed E-state index contributed by atoms with van der Waals surface area (Å²) < 4.78 is 4.18. The minimum absolute atomic E-state index is 0. The largest absolute Gasteiger partial charge is 1.00 e. The standard InChI is InChI=1S/C20H20N4.C5H8.2ClH.Fe/c1-2-5-17(4-1)16-23-12-6-18(7-13-23)19-8-14-24(15-9-19)20-21-10-3-11-22-20;1-2-4-5-3-1;;;/h1,3-4,6-15,17H,2,5,16H2;1-2H,3-5H2;2*1H;/q+2;;;;/p-2/t17-;;;;/m1..../s1. The van der Waals surface area contributed by atoms with Crippen molar-refractivity contribution < 1.29 is 51.0 Å². The Bertz CT molecular complexity index is 955. The van der Waals surface area contributed by atoms with Gasteiger partial charge in [0.15, 0.2) is 18.9 Å². The van der Waals surface area contributed by atoms with E-state index in [1.165, 1.54) is 43.2 Å². The molecular weight excluding hydrogens is 483 g/mol. The Hall–Kier alpha value is -2.04. The van der Waals surface area contributed by atoms with Gasteiger partial charge in [-0.2, -0.15) is 0 Å². The predicted octanol–water partition coefficient (Wildman–Crippen LogP) is -1.59. The first-order valence-corrected chi connectivity index (χ1v) is 10.5. The topological polar surface area (TPSA) is 33.5 Å². The first-order valence-electron chi connectivity index (χ1n) is 10.5. The van der Waals surface area contributed by atoms with Gasteiger partial charge in [-0.3, -0.25) is 0 Å². The third-order valence-corrected chi connectivity index (χ3v) is 5.30. The van der Waals surface area contributed by atoms with E-state index in [0.29, 0.717) is 11.9 Å². The molecule has 0 aromatic carbocycles. The second-order valence-corrected chi connectivity index (χ2v) is 7.49. The van der Waals surface area contributed by atoms with Gasteiger partial charge in [0.2, 0.25) is 0 Å². The summed E-state index contributed by atoms with van der Waals surface area (Å²) in [5.41, 5.74) is 2.41. The quantitative estimate of drug-likeness (QED) is 0.241. The molecule has 0 bridgehead atoms. The molecule has 32 heavy (non-hydrogen) atoms. The van der Waals surface area contributed by atoms with Crippen LogP contribution in [0.1, 0.15) is 32.1 Å². The molecule has 4 nitrogen and oxygen atoms in total. The molecule has 170 valence electrons. The molecule has 7 heteroatoms. The van der Waals surface area contributed by atoms with Crippen molar-refractivity contribution in [2.45, 2.75) is 38.6 Å². The molecule has 3 aromatic rings. The van der Waals surface area contributed by atoms with Crippen LogP contribution in [-0.2, 0) is 23.6 Å². The van der Waals surface area contributed by atoms with Gasteiger partial charge >= 0.3 is 5.95 Å². The fourth-order valence-corrected chi connectivity index (χ4v) is 3.66. The molecule has 5 rings (SSSR count). The van der Waals surface area contributed by atoms with Gasteiger partial charge in [-0.05, 0) is 55.4 Å². The zero-order chi connectivity index (χ0) is 19.7. The fourth-order valence-electron chi connectivity index (χ4n) is 3.66. The van der Waals surface area contributed by atoms with E-state index in [1.54, 1.807) is 12.4 Å². The van der Waals surface area contributed by atoms with Crippen LogP contribution in [0.15, 0.2) is 91.8 Å². The second-order valence-electron chi connectivity index (χ2n) is 7.49. The number of halogens is 2. The summed E-state index contributed by atoms with van der Waals surface area (Å²) in [6.07, 6.45) is 27.4. The van der Waals surface area contributed by atoms with Crippen molar-refractivity contribution in [1.82, 2.24) is 9.97 Å². The van der Waals surface area contributed by atoms with Gasteiger partial charge in [0.1, 0.15) is 12.4 Å². The molecule has 2 aliphatic rings. The van der Waals surface area contributed by atoms with E-state index in [4.69, 9.17) is 0 Å². The average molecular weight is 511 g/mol. The third-order valence-electron chi connectivity index (χ3n) is 5.30. The minimum atomic E-state index is 0. The van der Waals surface area contributed by atoms with Gasteiger partial charge in [-0.15, -0.1) is 0 Å². The maximum Gasteiger partial charge on any atom is 0.437 e. The van der Waals surface area contributed by atoms with Crippen LogP contribution in [0.5, 0.6) is 0 Å². The van der Waals surface area contributed by atoms with Gasteiger partial charge in [0.25, 0.3) is 0 Å². The average Bonchev–Trinajstić information content (AvgIpc) is 3.52. The Morgan fingerprint density at radius 1 is 0.781 bits per heavy atom. The molecule has 3 aromatic heterocycles. The van der Waals surface area contributed by atoms with E-state index in [-0.39, 0.29) is 41.9 Å². The summed E-state index contributed by atoms with van der Waals surface area (Å²) in [6.45, 7) is 1.07. The van der Waals surface area contributed by atoms with Crippen LogP contribution < -0.4 is 33.9 Å². The zero-order valence-electron chi connectivity index (χ0n) is 17.9. The van der Waals surface area contributed by atoms with Crippen molar-refractivity contribution in [2.24, 2.45) is 5.92 Å². The van der Waals surface area contributed by atoms with E-state index in [2.05, 4.69) is 75.5 Å². The molecule has 0 saturated heterocycles. The normalized spacial score (nSPS) is 15.6. The number of hydrogen-bond donors (Lipinski definition) is 0. The molecule has 0 amide bonds. The summed E-state index contributed by atoms with van der Waals surface area (Å²) in [7, 11) is 0. The Morgan fingerprint density at radius 2 is 1.38 bits per heavy atom. The number of rotatable bonds is 4. The molecule has 1 atom stereocenters. The Morgan fingerprint density at radius 3 is 1.88 bits per heavy atom. The second kappa shape index (κ2) is 14.9. The van der Waals surface area contributed by atoms with Crippen molar-refractivity contribution in [1.29, 1.82) is 0 Å². The molecule has 0 saturated carbocycles. The Balaban J connectivity index is 0.000000570. The van der Waals surface area contributed by atoms with Crippen LogP contribution in [-0.4, -0.2) is 9.97 Å². The molecule has 0 N–H and O–H groups in total. The fraction of sp³-hybridized carbons (Fsp3) is 0.280. The van der Waals surface area contributed by atoms with E-state index >= 15 is 0 Å². The first-order chi connectivity index (χ1) is 14.4. The summed E-state index contributed by atoms with van der Waals surface area (Å²) in [5.74, 6) is 1.36. The number of hydrogen-bond acceptors (Lipinski definition) is 2. The summed E-state index contributed by atoms with van der Waals surface area (Å²) >= 11 is 0. The number of aromatic nitrogens is 4. The molecule has 0 radical (unpaired) electrons. The van der Waals surface area contributed by atoms with Crippen LogP contribution in [0.3, 0.4) is 0 Å². The zero-order valence-corrected chi connectivity index (χ0v) is 20.5. The number of pyridine rings is 2. The minimum Gasteiger partial charge on any atom is -1.00 e. The van der Waals surface area contributed by atoms with E-state index in [9.17, 15) is 0 Å². The van der Waals surface area contributed by atoms with Crippen LogP contribution in [0.25, 0.3) is 17.1 Å². The SMILES string of the molecule is C1=CCCC1.C1=C[C@@H](C[n+]2ccc(-c3cc[n+](-c4ncccn4)cc3)cc2)CC1.[Cl-].[Cl-].[Fe]. The maximum atomic E-state index is 4.25. The summed E-state index contributed by atoms with van der Waals surface area (Å²) in [4.78, 5) is 8.51. The molecular formula is C25H28Cl2FeN4. The van der Waals surface area contributed by atoms with Gasteiger partial charge in [0, 0.05) is 41.2 Å². The van der Waals surface area contributed by atoms with Crippen LogP contribution >= 0.6 is 0 Å². The number of nitrogens with zero attached hydrogens (tertiary/aromatic N) is 4. The van der Waals surface area contributed by atoms with E-state index in [0.717, 1.165) is 6.54 Å². The van der Waals surface area contributed by atoms with Crippen molar-refractivity contribution in [3.8, 4) is 17.1 Å². The summed E-state index contributed by atoms with van der Waals surface area (Å²) in [6, 6.07) is 10.4. The smallest absolute Gasteiger partial charge is 0.437 e. The van der Waals surface area contributed by atoms with Crippen LogP contribution in [0.2, 0.25) is 0 Å². The van der Waals surface area contributed by atoms with Gasteiger partial charge in [-0.25, -0.2) is 9.13 Å². The van der Waals surface area contributed by atoms with Crippen molar-refractivity contribution in [3.63, 3.8) is 0 Å². The molecule has 0 aliphatic heterocycles. The third kappa shape index (κ3) is 8.14. The first kappa shape index (κ1) is 28.0. The van der Waals surface area contributed by atoms with Crippen molar-refractivity contribution in [2.75, 3.05) is 0 Å². The molecule has 3 heterocycles. The number of allylic oxidation sites excluding steroid dienone is 4. The predicted molar refractivity (Wildman–Crippen MR) is 114 cm³/mol. The molecule has 0 unspecified atom stereocenters. The van der Waals surface area contributed by atoms with Gasteiger partial charge in [-0.1, -0.05) is 34.3 Å². The summed E-state index contributed by atoms with van der Waals surface area (Å²) in [5, 5.41) is 0. The van der Waals surface area contributed by atoms with Crippen LogP contribution in [0, 0.1) is 5.92 Å². The van der Waals surface area contributed by atoms with Gasteiger partial charge < -0.3 is 24.8 Å². The maximum absolute atomic E-state index is 4.25. The molecule has 2 aliphatic carbocycles. The van der Waals surface area contributed by atoms with Crippen molar-refractivity contribution in [3.05, 3.63) is 91.8 Å². The van der Waals surface area contributed by atoms with Crippen LogP contribution in [0.4, 0.5) is 0 Å².